The number of halogens is 1. The van der Waals surface area contributed by atoms with Crippen LogP contribution in [0, 0.1) is 0 Å². The smallest absolute Gasteiger partial charge is 0.352 e. The molecule has 0 N–H and O–H groups in total. The molecule has 0 amide bonds. The van der Waals surface area contributed by atoms with E-state index in [1.54, 1.807) is 36.0 Å². The Labute approximate surface area is 146 Å². The van der Waals surface area contributed by atoms with Gasteiger partial charge in [0.1, 0.15) is 0 Å². The first-order chi connectivity index (χ1) is 11.5. The van der Waals surface area contributed by atoms with Gasteiger partial charge in [0.2, 0.25) is 0 Å². The summed E-state index contributed by atoms with van der Waals surface area (Å²) in [5, 5.41) is 0. The first kappa shape index (κ1) is 16.8. The van der Waals surface area contributed by atoms with Gasteiger partial charge in [-0.3, -0.25) is 9.36 Å². The Hall–Kier alpha value is -2.03. The molecule has 2 aliphatic rings. The van der Waals surface area contributed by atoms with E-state index < -0.39 is 5.69 Å². The number of ether oxygens (including phenoxy) is 1. The predicted octanol–water partition coefficient (Wildman–Crippen LogP) is 1.88. The van der Waals surface area contributed by atoms with Gasteiger partial charge < -0.3 is 9.30 Å². The van der Waals surface area contributed by atoms with Crippen molar-refractivity contribution in [2.24, 2.45) is 0 Å². The molecular weight excluding hydrogens is 352 g/mol. The minimum Gasteiger partial charge on any atom is -0.383 e. The van der Waals surface area contributed by atoms with Gasteiger partial charge in [0.15, 0.2) is 10.3 Å². The molecule has 126 valence electrons. The number of aromatic nitrogens is 4. The molecule has 1 aromatic heterocycles. The fraction of sp³-hybridized carbons (Fsp3) is 0.333. The number of hydrogen-bond acceptors (Lipinski definition) is 6. The SMILES string of the molecule is COCC(C)n1c(=O)nc2n(Cc3cnc(Cl)s3)cccc-2c1=O. The molecule has 3 heterocycles. The van der Waals surface area contributed by atoms with Gasteiger partial charge >= 0.3 is 5.69 Å². The second kappa shape index (κ2) is 6.84. The van der Waals surface area contributed by atoms with Crippen LogP contribution >= 0.6 is 22.9 Å². The number of pyridine rings is 1. The standard InChI is InChI=1S/C15H15ClN4O3S/c1-9(8-23-2)20-13(21)11-4-3-5-19(12(11)18-15(20)22)7-10-6-17-14(16)24-10/h3-6,9H,7-8H2,1-2H3. The molecule has 9 heteroatoms. The molecule has 1 aromatic rings. The zero-order valence-electron chi connectivity index (χ0n) is 13.1. The molecular formula is C15H15ClN4O3S. The lowest BCUT2D eigenvalue weighted by Gasteiger charge is -2.17. The largest absolute Gasteiger partial charge is 0.383 e. The van der Waals surface area contributed by atoms with Crippen LogP contribution in [0.15, 0.2) is 34.1 Å². The molecule has 1 unspecified atom stereocenters. The normalized spacial score (nSPS) is 12.6. The maximum Gasteiger partial charge on any atom is 0.352 e. The summed E-state index contributed by atoms with van der Waals surface area (Å²) in [5.74, 6) is 0.345. The third-order valence-corrected chi connectivity index (χ3v) is 4.70. The number of nitrogens with zero attached hydrogens (tertiary/aromatic N) is 4. The lowest BCUT2D eigenvalue weighted by atomic mass is 10.2. The Kier molecular flexibility index (Phi) is 4.79. The van der Waals surface area contributed by atoms with Crippen LogP contribution in [-0.4, -0.2) is 32.8 Å². The van der Waals surface area contributed by atoms with Crippen LogP contribution in [0.1, 0.15) is 17.8 Å². The van der Waals surface area contributed by atoms with Crippen LogP contribution in [-0.2, 0) is 11.3 Å². The minimum absolute atomic E-state index is 0.258. The van der Waals surface area contributed by atoms with Crippen molar-refractivity contribution in [3.8, 4) is 11.4 Å². The highest BCUT2D eigenvalue weighted by atomic mass is 35.5. The van der Waals surface area contributed by atoms with Crippen molar-refractivity contribution in [3.63, 3.8) is 0 Å². The van der Waals surface area contributed by atoms with Gasteiger partial charge in [-0.25, -0.2) is 9.78 Å². The van der Waals surface area contributed by atoms with Crippen molar-refractivity contribution in [3.05, 3.63) is 54.7 Å². The molecule has 0 spiro atoms. The van der Waals surface area contributed by atoms with Gasteiger partial charge in [0.05, 0.1) is 24.8 Å². The summed E-state index contributed by atoms with van der Waals surface area (Å²) in [6.07, 6.45) is 3.43. The summed E-state index contributed by atoms with van der Waals surface area (Å²) < 4.78 is 8.35. The zero-order valence-corrected chi connectivity index (χ0v) is 14.7. The first-order valence-electron chi connectivity index (χ1n) is 7.22. The Morgan fingerprint density at radius 2 is 2.21 bits per heavy atom. The van der Waals surface area contributed by atoms with Crippen molar-refractivity contribution >= 4 is 22.9 Å². The van der Waals surface area contributed by atoms with Gasteiger partial charge in [0, 0.05) is 24.4 Å². The molecule has 0 fully saturated rings. The third-order valence-electron chi connectivity index (χ3n) is 3.60. The summed E-state index contributed by atoms with van der Waals surface area (Å²) in [6, 6.07) is 3.03. The van der Waals surface area contributed by atoms with Crippen LogP contribution in [0.4, 0.5) is 0 Å². The van der Waals surface area contributed by atoms with E-state index in [0.717, 1.165) is 9.44 Å². The van der Waals surface area contributed by atoms with Crippen LogP contribution in [0.25, 0.3) is 11.4 Å². The maximum absolute atomic E-state index is 12.7. The fourth-order valence-corrected chi connectivity index (χ4v) is 3.53. The molecule has 0 radical (unpaired) electrons. The summed E-state index contributed by atoms with van der Waals surface area (Å²) in [5.41, 5.74) is -0.568. The summed E-state index contributed by atoms with van der Waals surface area (Å²) in [6.45, 7) is 2.44. The number of fused-ring (bicyclic) bond motifs is 1. The van der Waals surface area contributed by atoms with Crippen LogP contribution in [0.5, 0.6) is 0 Å². The number of hydrogen-bond donors (Lipinski definition) is 0. The average molecular weight is 367 g/mol. The van der Waals surface area contributed by atoms with E-state index in [-0.39, 0.29) is 18.2 Å². The van der Waals surface area contributed by atoms with Crippen LogP contribution in [0.3, 0.4) is 0 Å². The van der Waals surface area contributed by atoms with E-state index in [2.05, 4.69) is 9.97 Å². The van der Waals surface area contributed by atoms with Crippen LogP contribution < -0.4 is 11.2 Å². The van der Waals surface area contributed by atoms with Gasteiger partial charge in [-0.05, 0) is 19.1 Å². The Bertz CT molecular complexity index is 948. The first-order valence-corrected chi connectivity index (χ1v) is 8.41. The Morgan fingerprint density at radius 3 is 2.88 bits per heavy atom. The quantitative estimate of drug-likeness (QED) is 0.688. The topological polar surface area (TPSA) is 79.0 Å². The van der Waals surface area contributed by atoms with E-state index in [9.17, 15) is 9.59 Å². The van der Waals surface area contributed by atoms with Crippen molar-refractivity contribution in [2.75, 3.05) is 13.7 Å². The third kappa shape index (κ3) is 3.12. The van der Waals surface area contributed by atoms with Crippen molar-refractivity contribution in [1.29, 1.82) is 0 Å². The molecule has 3 rings (SSSR count). The minimum atomic E-state index is -0.584. The summed E-state index contributed by atoms with van der Waals surface area (Å²) in [4.78, 5) is 34.0. The van der Waals surface area contributed by atoms with Crippen molar-refractivity contribution < 1.29 is 4.74 Å². The van der Waals surface area contributed by atoms with Gasteiger partial charge in [-0.2, -0.15) is 4.98 Å². The van der Waals surface area contributed by atoms with E-state index >= 15 is 0 Å². The van der Waals surface area contributed by atoms with Crippen LogP contribution in [0.2, 0.25) is 4.47 Å². The molecule has 2 aliphatic heterocycles. The molecule has 0 aliphatic carbocycles. The molecule has 24 heavy (non-hydrogen) atoms. The lowest BCUT2D eigenvalue weighted by molar-refractivity contribution is 0.159. The second-order valence-electron chi connectivity index (χ2n) is 5.33. The molecule has 0 saturated carbocycles. The van der Waals surface area contributed by atoms with E-state index in [1.807, 2.05) is 0 Å². The van der Waals surface area contributed by atoms with E-state index in [1.165, 1.54) is 18.4 Å². The second-order valence-corrected chi connectivity index (χ2v) is 7.02. The highest BCUT2D eigenvalue weighted by Crippen LogP contribution is 2.21. The fourth-order valence-electron chi connectivity index (χ4n) is 2.55. The summed E-state index contributed by atoms with van der Waals surface area (Å²) >= 11 is 7.19. The van der Waals surface area contributed by atoms with Gasteiger partial charge in [-0.1, -0.05) is 11.6 Å². The Morgan fingerprint density at radius 1 is 1.42 bits per heavy atom. The molecule has 0 bridgehead atoms. The monoisotopic (exact) mass is 366 g/mol. The number of rotatable bonds is 5. The molecule has 7 nitrogen and oxygen atoms in total. The lowest BCUT2D eigenvalue weighted by Crippen LogP contribution is -2.40. The van der Waals surface area contributed by atoms with E-state index in [4.69, 9.17) is 16.3 Å². The number of methoxy groups -OCH3 is 1. The molecule has 0 aromatic carbocycles. The maximum atomic E-state index is 12.7. The molecule has 1 atom stereocenters. The van der Waals surface area contributed by atoms with Gasteiger partial charge in [-0.15, -0.1) is 11.3 Å². The average Bonchev–Trinajstić information content (AvgIpc) is 2.93. The van der Waals surface area contributed by atoms with Gasteiger partial charge in [0.25, 0.3) is 5.56 Å². The number of thiazole rings is 1. The highest BCUT2D eigenvalue weighted by Gasteiger charge is 2.20. The molecule has 0 saturated heterocycles. The van der Waals surface area contributed by atoms with Crippen molar-refractivity contribution in [1.82, 2.24) is 19.1 Å². The summed E-state index contributed by atoms with van der Waals surface area (Å²) in [7, 11) is 1.52. The zero-order chi connectivity index (χ0) is 17.3. The Balaban J connectivity index is 2.11. The highest BCUT2D eigenvalue weighted by molar-refractivity contribution is 7.15. The van der Waals surface area contributed by atoms with E-state index in [0.29, 0.717) is 22.4 Å². The van der Waals surface area contributed by atoms with Crippen molar-refractivity contribution in [2.45, 2.75) is 19.5 Å². The predicted molar refractivity (Wildman–Crippen MR) is 92.2 cm³/mol.